The number of carbonyl (C=O) groups excluding carboxylic acids is 2. The molecule has 4 N–H and O–H groups in total. The van der Waals surface area contributed by atoms with Gasteiger partial charge in [-0.05, 0) is 43.2 Å². The average molecular weight is 418 g/mol. The maximum absolute atomic E-state index is 13.1. The van der Waals surface area contributed by atoms with Gasteiger partial charge in [-0.2, -0.15) is 10.2 Å². The van der Waals surface area contributed by atoms with Crippen LogP contribution in [0.15, 0.2) is 36.5 Å². The van der Waals surface area contributed by atoms with E-state index in [0.29, 0.717) is 37.4 Å². The molecule has 1 aromatic carbocycles. The van der Waals surface area contributed by atoms with Gasteiger partial charge in [0.1, 0.15) is 5.52 Å². The molecule has 0 unspecified atom stereocenters. The van der Waals surface area contributed by atoms with E-state index in [0.717, 1.165) is 27.6 Å². The van der Waals surface area contributed by atoms with Crippen molar-refractivity contribution in [3.05, 3.63) is 42.2 Å². The number of hydrogen-bond acceptors (Lipinski definition) is 6. The van der Waals surface area contributed by atoms with E-state index < -0.39 is 0 Å². The van der Waals surface area contributed by atoms with Crippen LogP contribution in [-0.2, 0) is 11.8 Å². The van der Waals surface area contributed by atoms with Crippen LogP contribution >= 0.6 is 0 Å². The van der Waals surface area contributed by atoms with Gasteiger partial charge in [-0.25, -0.2) is 0 Å². The minimum absolute atomic E-state index is 0.128. The lowest BCUT2D eigenvalue weighted by Gasteiger charge is -2.30. The molecule has 1 saturated heterocycles. The lowest BCUT2D eigenvalue weighted by atomic mass is 9.96. The number of primary amides is 1. The van der Waals surface area contributed by atoms with Crippen LogP contribution in [0.2, 0.25) is 0 Å². The standard InChI is InChI=1S/C21H22N8O2/c1-28-16-11-13(24-20-18-15(25-26-20)3-2-8-23-18)4-5-14(16)17(27-28)21(31)29-9-6-12(7-10-29)19(22)30/h2-5,8,11-12H,6-7,9-10H2,1H3,(H2,22,30)(H2,24,25,26). The summed E-state index contributed by atoms with van der Waals surface area (Å²) in [5, 5.41) is 15.8. The van der Waals surface area contributed by atoms with Crippen LogP contribution in [0, 0.1) is 5.92 Å². The number of fused-ring (bicyclic) bond motifs is 2. The molecule has 1 fully saturated rings. The molecule has 0 aliphatic carbocycles. The molecule has 1 aliphatic rings. The van der Waals surface area contributed by atoms with E-state index in [1.54, 1.807) is 15.8 Å². The number of anilines is 2. The van der Waals surface area contributed by atoms with Crippen molar-refractivity contribution in [3.63, 3.8) is 0 Å². The molecule has 5 rings (SSSR count). The van der Waals surface area contributed by atoms with Crippen molar-refractivity contribution in [3.8, 4) is 0 Å². The van der Waals surface area contributed by atoms with Gasteiger partial charge in [0.25, 0.3) is 5.91 Å². The van der Waals surface area contributed by atoms with Crippen molar-refractivity contribution in [2.24, 2.45) is 18.7 Å². The summed E-state index contributed by atoms with van der Waals surface area (Å²) in [5.74, 6) is 0.0449. The molecule has 2 amide bonds. The number of piperidine rings is 1. The third kappa shape index (κ3) is 3.35. The Morgan fingerprint density at radius 3 is 2.81 bits per heavy atom. The SMILES string of the molecule is Cn1nc(C(=O)N2CCC(C(N)=O)CC2)c2ccc(Nc3n[nH]c4cccnc34)cc21. The van der Waals surface area contributed by atoms with Crippen molar-refractivity contribution in [1.29, 1.82) is 0 Å². The number of nitrogens with one attached hydrogen (secondary N) is 2. The van der Waals surface area contributed by atoms with Crippen LogP contribution in [0.1, 0.15) is 23.3 Å². The molecule has 31 heavy (non-hydrogen) atoms. The van der Waals surface area contributed by atoms with E-state index in [-0.39, 0.29) is 17.7 Å². The van der Waals surface area contributed by atoms with E-state index in [9.17, 15) is 9.59 Å². The van der Waals surface area contributed by atoms with Gasteiger partial charge in [0.15, 0.2) is 11.5 Å². The molecule has 0 spiro atoms. The highest BCUT2D eigenvalue weighted by molar-refractivity contribution is 6.05. The second-order valence-electron chi connectivity index (χ2n) is 7.77. The summed E-state index contributed by atoms with van der Waals surface area (Å²) in [6, 6.07) is 9.47. The Hall–Kier alpha value is -3.95. The number of aromatic nitrogens is 5. The van der Waals surface area contributed by atoms with Gasteiger partial charge in [-0.1, -0.05) is 0 Å². The van der Waals surface area contributed by atoms with Gasteiger partial charge in [0, 0.05) is 43.3 Å². The summed E-state index contributed by atoms with van der Waals surface area (Å²) >= 11 is 0. The largest absolute Gasteiger partial charge is 0.369 e. The molecule has 10 heteroatoms. The number of nitrogens with zero attached hydrogens (tertiary/aromatic N) is 5. The van der Waals surface area contributed by atoms with Crippen LogP contribution in [-0.4, -0.2) is 54.8 Å². The second-order valence-corrected chi connectivity index (χ2v) is 7.77. The predicted octanol–water partition coefficient (Wildman–Crippen LogP) is 1.93. The number of H-pyrrole nitrogens is 1. The van der Waals surface area contributed by atoms with Gasteiger partial charge in [0.2, 0.25) is 5.91 Å². The Morgan fingerprint density at radius 2 is 2.03 bits per heavy atom. The first-order valence-corrected chi connectivity index (χ1v) is 10.1. The number of rotatable bonds is 4. The zero-order chi connectivity index (χ0) is 21.5. The van der Waals surface area contributed by atoms with Crippen LogP contribution in [0.4, 0.5) is 11.5 Å². The van der Waals surface area contributed by atoms with E-state index >= 15 is 0 Å². The minimum Gasteiger partial charge on any atom is -0.369 e. The van der Waals surface area contributed by atoms with Crippen molar-refractivity contribution >= 4 is 45.3 Å². The Balaban J connectivity index is 1.40. The quantitative estimate of drug-likeness (QED) is 0.463. The van der Waals surface area contributed by atoms with Crippen LogP contribution in [0.5, 0.6) is 0 Å². The second kappa shape index (κ2) is 7.38. The topological polar surface area (TPSA) is 135 Å². The zero-order valence-electron chi connectivity index (χ0n) is 17.0. The number of benzene rings is 1. The molecule has 0 atom stereocenters. The third-order valence-electron chi connectivity index (χ3n) is 5.82. The lowest BCUT2D eigenvalue weighted by Crippen LogP contribution is -2.41. The summed E-state index contributed by atoms with van der Waals surface area (Å²) in [7, 11) is 1.81. The summed E-state index contributed by atoms with van der Waals surface area (Å²) in [6.07, 6.45) is 2.90. The van der Waals surface area contributed by atoms with Crippen LogP contribution in [0.3, 0.4) is 0 Å². The normalized spacial score (nSPS) is 14.9. The number of hydrogen-bond donors (Lipinski definition) is 3. The molecule has 0 saturated carbocycles. The van der Waals surface area contributed by atoms with E-state index in [1.807, 2.05) is 37.4 Å². The third-order valence-corrected chi connectivity index (χ3v) is 5.82. The number of pyridine rings is 1. The first-order valence-electron chi connectivity index (χ1n) is 10.1. The van der Waals surface area contributed by atoms with E-state index in [4.69, 9.17) is 5.73 Å². The molecule has 0 bridgehead atoms. The first kappa shape index (κ1) is 19.0. The monoisotopic (exact) mass is 418 g/mol. The predicted molar refractivity (Wildman–Crippen MR) is 116 cm³/mol. The number of amides is 2. The minimum atomic E-state index is -0.296. The number of likely N-dealkylation sites (tertiary alicyclic amines) is 1. The fourth-order valence-electron chi connectivity index (χ4n) is 4.09. The van der Waals surface area contributed by atoms with Crippen LogP contribution < -0.4 is 11.1 Å². The van der Waals surface area contributed by atoms with Gasteiger partial charge < -0.3 is 16.0 Å². The van der Waals surface area contributed by atoms with Gasteiger partial charge >= 0.3 is 0 Å². The zero-order valence-corrected chi connectivity index (χ0v) is 17.0. The van der Waals surface area contributed by atoms with E-state index in [2.05, 4.69) is 25.6 Å². The molecule has 0 radical (unpaired) electrons. The number of aromatic amines is 1. The van der Waals surface area contributed by atoms with Gasteiger partial charge in [-0.15, -0.1) is 0 Å². The summed E-state index contributed by atoms with van der Waals surface area (Å²) in [4.78, 5) is 30.6. The smallest absolute Gasteiger partial charge is 0.275 e. The molecule has 158 valence electrons. The highest BCUT2D eigenvalue weighted by Gasteiger charge is 2.28. The maximum Gasteiger partial charge on any atom is 0.275 e. The molecule has 3 aromatic heterocycles. The van der Waals surface area contributed by atoms with Crippen molar-refractivity contribution in [2.75, 3.05) is 18.4 Å². The number of nitrogens with two attached hydrogens (primary N) is 1. The molecule has 4 aromatic rings. The Labute approximate surface area is 177 Å². The lowest BCUT2D eigenvalue weighted by molar-refractivity contribution is -0.123. The highest BCUT2D eigenvalue weighted by atomic mass is 16.2. The van der Waals surface area contributed by atoms with Crippen LogP contribution in [0.25, 0.3) is 21.9 Å². The maximum atomic E-state index is 13.1. The number of aryl methyl sites for hydroxylation is 1. The first-order chi connectivity index (χ1) is 15.0. The van der Waals surface area contributed by atoms with E-state index in [1.165, 1.54) is 0 Å². The summed E-state index contributed by atoms with van der Waals surface area (Å²) in [5.41, 5.74) is 9.05. The van der Waals surface area contributed by atoms with Crippen molar-refractivity contribution in [2.45, 2.75) is 12.8 Å². The molecule has 4 heterocycles. The highest BCUT2D eigenvalue weighted by Crippen LogP contribution is 2.28. The molecule has 10 nitrogen and oxygen atoms in total. The molecular weight excluding hydrogens is 396 g/mol. The van der Waals surface area contributed by atoms with Gasteiger partial charge in [-0.3, -0.25) is 24.4 Å². The average Bonchev–Trinajstić information content (AvgIpc) is 3.34. The Kier molecular flexibility index (Phi) is 4.54. The molecule has 1 aliphatic heterocycles. The Morgan fingerprint density at radius 1 is 1.23 bits per heavy atom. The fourth-order valence-corrected chi connectivity index (χ4v) is 4.09. The van der Waals surface area contributed by atoms with Gasteiger partial charge in [0.05, 0.1) is 11.0 Å². The number of carbonyl (C=O) groups is 2. The summed E-state index contributed by atoms with van der Waals surface area (Å²) in [6.45, 7) is 1.01. The Bertz CT molecular complexity index is 1300. The molecular formula is C21H22N8O2. The fraction of sp³-hybridized carbons (Fsp3) is 0.286. The summed E-state index contributed by atoms with van der Waals surface area (Å²) < 4.78 is 1.70. The van der Waals surface area contributed by atoms with Crippen molar-refractivity contribution < 1.29 is 9.59 Å². The van der Waals surface area contributed by atoms with Crippen molar-refractivity contribution in [1.82, 2.24) is 29.9 Å².